The van der Waals surface area contributed by atoms with Crippen LogP contribution in [0.2, 0.25) is 0 Å². The standard InChI is InChI=1S/C5H8N2O3/c1-3-5(9,10)4(8)7(2)6-3/h9-10H,1-2H3. The number of carbonyl (C=O) groups excluding carboxylic acids is 1. The first-order valence-corrected chi connectivity index (χ1v) is 2.75. The summed E-state index contributed by atoms with van der Waals surface area (Å²) in [6, 6.07) is 0. The highest BCUT2D eigenvalue weighted by Gasteiger charge is 2.44. The van der Waals surface area contributed by atoms with Crippen molar-refractivity contribution in [1.29, 1.82) is 0 Å². The van der Waals surface area contributed by atoms with Gasteiger partial charge in [-0.3, -0.25) is 4.79 Å². The molecule has 0 atom stereocenters. The van der Waals surface area contributed by atoms with Crippen molar-refractivity contribution in [3.8, 4) is 0 Å². The second-order valence-electron chi connectivity index (χ2n) is 2.19. The second-order valence-corrected chi connectivity index (χ2v) is 2.19. The van der Waals surface area contributed by atoms with Crippen molar-refractivity contribution in [3.05, 3.63) is 0 Å². The van der Waals surface area contributed by atoms with Crippen LogP contribution in [-0.4, -0.2) is 39.7 Å². The smallest absolute Gasteiger partial charge is 0.308 e. The fourth-order valence-corrected chi connectivity index (χ4v) is 0.721. The predicted molar refractivity (Wildman–Crippen MR) is 33.0 cm³/mol. The van der Waals surface area contributed by atoms with Crippen LogP contribution in [0.4, 0.5) is 0 Å². The van der Waals surface area contributed by atoms with Crippen LogP contribution in [0.3, 0.4) is 0 Å². The SMILES string of the molecule is CC1=NN(C)C(=O)C1(O)O. The molecule has 2 N–H and O–H groups in total. The van der Waals surface area contributed by atoms with E-state index in [1.54, 1.807) is 0 Å². The first-order chi connectivity index (χ1) is 4.46. The van der Waals surface area contributed by atoms with Crippen LogP contribution in [-0.2, 0) is 4.79 Å². The summed E-state index contributed by atoms with van der Waals surface area (Å²) in [6.45, 7) is 1.38. The summed E-state index contributed by atoms with van der Waals surface area (Å²) < 4.78 is 0. The van der Waals surface area contributed by atoms with E-state index in [4.69, 9.17) is 10.2 Å². The Morgan fingerprint density at radius 3 is 2.20 bits per heavy atom. The first kappa shape index (κ1) is 7.17. The number of amides is 1. The highest BCUT2D eigenvalue weighted by molar-refractivity contribution is 6.12. The van der Waals surface area contributed by atoms with Crippen molar-refractivity contribution >= 4 is 11.6 Å². The van der Waals surface area contributed by atoms with E-state index in [2.05, 4.69) is 5.10 Å². The number of likely N-dealkylation sites (N-methyl/N-ethyl adjacent to an activating group) is 1. The van der Waals surface area contributed by atoms with Crippen LogP contribution >= 0.6 is 0 Å². The molecule has 0 saturated heterocycles. The number of hydrogen-bond acceptors (Lipinski definition) is 4. The summed E-state index contributed by atoms with van der Waals surface area (Å²) in [6.07, 6.45) is 0. The maximum absolute atomic E-state index is 10.7. The lowest BCUT2D eigenvalue weighted by Gasteiger charge is -2.12. The Hall–Kier alpha value is -0.940. The molecule has 0 aromatic heterocycles. The highest BCUT2D eigenvalue weighted by Crippen LogP contribution is 2.14. The van der Waals surface area contributed by atoms with Crippen molar-refractivity contribution in [2.24, 2.45) is 5.10 Å². The Bertz CT molecular complexity index is 209. The van der Waals surface area contributed by atoms with E-state index < -0.39 is 11.7 Å². The molecule has 10 heavy (non-hydrogen) atoms. The van der Waals surface area contributed by atoms with Gasteiger partial charge in [-0.2, -0.15) is 5.10 Å². The Morgan fingerprint density at radius 2 is 2.10 bits per heavy atom. The third kappa shape index (κ3) is 0.714. The number of carbonyl (C=O) groups is 1. The van der Waals surface area contributed by atoms with Crippen molar-refractivity contribution in [3.63, 3.8) is 0 Å². The van der Waals surface area contributed by atoms with Gasteiger partial charge in [-0.25, -0.2) is 5.01 Å². The third-order valence-corrected chi connectivity index (χ3v) is 1.40. The number of hydrogen-bond donors (Lipinski definition) is 2. The van der Waals surface area contributed by atoms with Gasteiger partial charge in [0.1, 0.15) is 5.71 Å². The van der Waals surface area contributed by atoms with Crippen LogP contribution in [0.15, 0.2) is 5.10 Å². The molecule has 0 unspecified atom stereocenters. The molecule has 56 valence electrons. The lowest BCUT2D eigenvalue weighted by Crippen LogP contribution is -2.44. The second kappa shape index (κ2) is 1.77. The molecule has 0 radical (unpaired) electrons. The molecule has 0 aromatic carbocycles. The van der Waals surface area contributed by atoms with Crippen molar-refractivity contribution in [2.45, 2.75) is 12.7 Å². The normalized spacial score (nSPS) is 23.4. The summed E-state index contributed by atoms with van der Waals surface area (Å²) >= 11 is 0. The van der Waals surface area contributed by atoms with Crippen molar-refractivity contribution < 1.29 is 15.0 Å². The van der Waals surface area contributed by atoms with Crippen molar-refractivity contribution in [1.82, 2.24) is 5.01 Å². The Balaban J connectivity index is 3.00. The molecule has 1 amide bonds. The average molecular weight is 144 g/mol. The molecule has 0 fully saturated rings. The highest BCUT2D eigenvalue weighted by atomic mass is 16.5. The predicted octanol–water partition coefficient (Wildman–Crippen LogP) is -1.48. The lowest BCUT2D eigenvalue weighted by molar-refractivity contribution is -0.167. The quantitative estimate of drug-likeness (QED) is 0.407. The maximum Gasteiger partial charge on any atom is 0.308 e. The summed E-state index contributed by atoms with van der Waals surface area (Å²) in [5, 5.41) is 22.3. The summed E-state index contributed by atoms with van der Waals surface area (Å²) in [7, 11) is 1.36. The fourth-order valence-electron chi connectivity index (χ4n) is 0.721. The number of hydrazone groups is 1. The first-order valence-electron chi connectivity index (χ1n) is 2.75. The van der Waals surface area contributed by atoms with Crippen LogP contribution in [0, 0.1) is 0 Å². The molecule has 1 rings (SSSR count). The molecular formula is C5H8N2O3. The van der Waals surface area contributed by atoms with Gasteiger partial charge in [-0.05, 0) is 6.92 Å². The van der Waals surface area contributed by atoms with Gasteiger partial charge in [0.15, 0.2) is 0 Å². The van der Waals surface area contributed by atoms with Crippen LogP contribution in [0.1, 0.15) is 6.92 Å². The summed E-state index contributed by atoms with van der Waals surface area (Å²) in [5.41, 5.74) is 0.000000000000000444. The molecule has 0 spiro atoms. The molecule has 0 aromatic rings. The Morgan fingerprint density at radius 1 is 1.60 bits per heavy atom. The van der Waals surface area contributed by atoms with E-state index in [9.17, 15) is 4.79 Å². The van der Waals surface area contributed by atoms with Gasteiger partial charge in [0.2, 0.25) is 0 Å². The molecule has 5 nitrogen and oxygen atoms in total. The Kier molecular flexibility index (Phi) is 1.27. The molecule has 0 aliphatic carbocycles. The van der Waals surface area contributed by atoms with E-state index in [0.29, 0.717) is 0 Å². The molecule has 0 saturated carbocycles. The minimum absolute atomic E-state index is 0.000000000000000444. The van der Waals surface area contributed by atoms with Gasteiger partial charge < -0.3 is 10.2 Å². The van der Waals surface area contributed by atoms with Crippen LogP contribution in [0.25, 0.3) is 0 Å². The van der Waals surface area contributed by atoms with Crippen LogP contribution in [0.5, 0.6) is 0 Å². The lowest BCUT2D eigenvalue weighted by atomic mass is 10.2. The van der Waals surface area contributed by atoms with Gasteiger partial charge in [-0.1, -0.05) is 0 Å². The Labute approximate surface area is 57.6 Å². The number of aliphatic hydroxyl groups is 2. The monoisotopic (exact) mass is 144 g/mol. The van der Waals surface area contributed by atoms with Crippen molar-refractivity contribution in [2.75, 3.05) is 7.05 Å². The maximum atomic E-state index is 10.7. The zero-order valence-electron chi connectivity index (χ0n) is 5.70. The van der Waals surface area contributed by atoms with E-state index in [1.807, 2.05) is 0 Å². The third-order valence-electron chi connectivity index (χ3n) is 1.40. The molecule has 5 heteroatoms. The fraction of sp³-hybridized carbons (Fsp3) is 0.600. The largest absolute Gasteiger partial charge is 0.354 e. The average Bonchev–Trinajstić information content (AvgIpc) is 1.97. The van der Waals surface area contributed by atoms with E-state index in [-0.39, 0.29) is 5.71 Å². The van der Waals surface area contributed by atoms with Gasteiger partial charge in [0.25, 0.3) is 5.79 Å². The summed E-state index contributed by atoms with van der Waals surface area (Å²) in [5.74, 6) is -3.20. The molecule has 1 aliphatic heterocycles. The van der Waals surface area contributed by atoms with Crippen LogP contribution < -0.4 is 0 Å². The van der Waals surface area contributed by atoms with E-state index >= 15 is 0 Å². The van der Waals surface area contributed by atoms with Gasteiger partial charge >= 0.3 is 5.91 Å². The minimum Gasteiger partial charge on any atom is -0.354 e. The molecule has 1 aliphatic rings. The number of nitrogens with zero attached hydrogens (tertiary/aromatic N) is 2. The van der Waals surface area contributed by atoms with E-state index in [0.717, 1.165) is 5.01 Å². The molecular weight excluding hydrogens is 136 g/mol. The van der Waals surface area contributed by atoms with Gasteiger partial charge in [0, 0.05) is 7.05 Å². The van der Waals surface area contributed by atoms with Gasteiger partial charge in [0.05, 0.1) is 0 Å². The summed E-state index contributed by atoms with van der Waals surface area (Å²) in [4.78, 5) is 10.7. The molecule has 1 heterocycles. The zero-order valence-corrected chi connectivity index (χ0v) is 5.70. The van der Waals surface area contributed by atoms with Gasteiger partial charge in [-0.15, -0.1) is 0 Å². The zero-order chi connectivity index (χ0) is 7.94. The topological polar surface area (TPSA) is 73.1 Å². The minimum atomic E-state index is -2.38. The van der Waals surface area contributed by atoms with E-state index in [1.165, 1.54) is 14.0 Å². The molecule has 0 bridgehead atoms. The number of rotatable bonds is 0.